The van der Waals surface area contributed by atoms with E-state index in [0.29, 0.717) is 10.6 Å². The SMILES string of the molecule is Cc1nc(-c2ccccc2)sc1C(=O)NCC(=O)N1CCCCC1. The summed E-state index contributed by atoms with van der Waals surface area (Å²) in [5.74, 6) is -0.231. The molecule has 1 fully saturated rings. The first-order valence-electron chi connectivity index (χ1n) is 8.24. The first kappa shape index (κ1) is 16.6. The van der Waals surface area contributed by atoms with Crippen molar-refractivity contribution in [1.29, 1.82) is 0 Å². The van der Waals surface area contributed by atoms with Crippen molar-refractivity contribution in [1.82, 2.24) is 15.2 Å². The average Bonchev–Trinajstić information content (AvgIpc) is 3.03. The normalized spacial score (nSPS) is 14.5. The first-order valence-corrected chi connectivity index (χ1v) is 9.05. The van der Waals surface area contributed by atoms with Crippen LogP contribution >= 0.6 is 11.3 Å². The van der Waals surface area contributed by atoms with Crippen LogP contribution in [0.25, 0.3) is 10.6 Å². The number of carbonyl (C=O) groups is 2. The standard InChI is InChI=1S/C18H21N3O2S/c1-13-16(24-18(20-13)14-8-4-2-5-9-14)17(23)19-12-15(22)21-10-6-3-7-11-21/h2,4-5,8-9H,3,6-7,10-12H2,1H3,(H,19,23). The Hall–Kier alpha value is -2.21. The molecule has 0 bridgehead atoms. The molecule has 2 aromatic rings. The van der Waals surface area contributed by atoms with Gasteiger partial charge in [-0.05, 0) is 26.2 Å². The molecule has 0 saturated carbocycles. The van der Waals surface area contributed by atoms with Crippen molar-refractivity contribution < 1.29 is 9.59 Å². The molecule has 1 N–H and O–H groups in total. The van der Waals surface area contributed by atoms with E-state index in [1.54, 1.807) is 0 Å². The fraction of sp³-hybridized carbons (Fsp3) is 0.389. The summed E-state index contributed by atoms with van der Waals surface area (Å²) in [6.07, 6.45) is 3.28. The van der Waals surface area contributed by atoms with Gasteiger partial charge in [0, 0.05) is 18.7 Å². The van der Waals surface area contributed by atoms with E-state index in [1.165, 1.54) is 17.8 Å². The van der Waals surface area contributed by atoms with Gasteiger partial charge in [-0.1, -0.05) is 30.3 Å². The Kier molecular flexibility index (Phi) is 5.25. The second-order valence-corrected chi connectivity index (χ2v) is 6.92. The van der Waals surface area contributed by atoms with E-state index >= 15 is 0 Å². The van der Waals surface area contributed by atoms with Gasteiger partial charge in [-0.2, -0.15) is 0 Å². The number of rotatable bonds is 4. The molecule has 0 radical (unpaired) electrons. The monoisotopic (exact) mass is 343 g/mol. The predicted octanol–water partition coefficient (Wildman–Crippen LogP) is 2.86. The smallest absolute Gasteiger partial charge is 0.263 e. The lowest BCUT2D eigenvalue weighted by Gasteiger charge is -2.26. The molecule has 1 aliphatic heterocycles. The summed E-state index contributed by atoms with van der Waals surface area (Å²) in [6.45, 7) is 3.47. The predicted molar refractivity (Wildman–Crippen MR) is 95.1 cm³/mol. The van der Waals surface area contributed by atoms with Crippen LogP contribution in [0.3, 0.4) is 0 Å². The Morgan fingerprint density at radius 1 is 1.17 bits per heavy atom. The minimum Gasteiger partial charge on any atom is -0.342 e. The number of piperidine rings is 1. The van der Waals surface area contributed by atoms with E-state index < -0.39 is 0 Å². The lowest BCUT2D eigenvalue weighted by atomic mass is 10.1. The third kappa shape index (κ3) is 3.82. The maximum atomic E-state index is 12.4. The van der Waals surface area contributed by atoms with Crippen LogP contribution in [-0.4, -0.2) is 41.3 Å². The minimum absolute atomic E-state index is 0.00602. The van der Waals surface area contributed by atoms with E-state index in [2.05, 4.69) is 10.3 Å². The van der Waals surface area contributed by atoms with Crippen molar-refractivity contribution >= 4 is 23.2 Å². The molecular weight excluding hydrogens is 322 g/mol. The number of benzene rings is 1. The summed E-state index contributed by atoms with van der Waals surface area (Å²) < 4.78 is 0. The fourth-order valence-corrected chi connectivity index (χ4v) is 3.79. The quantitative estimate of drug-likeness (QED) is 0.928. The zero-order chi connectivity index (χ0) is 16.9. The van der Waals surface area contributed by atoms with Crippen LogP contribution in [0, 0.1) is 6.92 Å². The molecule has 1 aromatic carbocycles. The number of aryl methyl sites for hydroxylation is 1. The number of amides is 2. The molecule has 1 saturated heterocycles. The molecule has 6 heteroatoms. The van der Waals surface area contributed by atoms with Crippen molar-refractivity contribution in [2.24, 2.45) is 0 Å². The highest BCUT2D eigenvalue weighted by atomic mass is 32.1. The average molecular weight is 343 g/mol. The van der Waals surface area contributed by atoms with Crippen molar-refractivity contribution in [2.45, 2.75) is 26.2 Å². The number of likely N-dealkylation sites (tertiary alicyclic amines) is 1. The number of nitrogens with one attached hydrogen (secondary N) is 1. The molecule has 126 valence electrons. The Morgan fingerprint density at radius 2 is 1.88 bits per heavy atom. The topological polar surface area (TPSA) is 62.3 Å². The second-order valence-electron chi connectivity index (χ2n) is 5.92. The van der Waals surface area contributed by atoms with Gasteiger partial charge in [0.2, 0.25) is 5.91 Å². The van der Waals surface area contributed by atoms with Crippen molar-refractivity contribution in [3.05, 3.63) is 40.9 Å². The van der Waals surface area contributed by atoms with E-state index in [0.717, 1.165) is 36.5 Å². The van der Waals surface area contributed by atoms with Crippen LogP contribution in [-0.2, 0) is 4.79 Å². The zero-order valence-electron chi connectivity index (χ0n) is 13.7. The van der Waals surface area contributed by atoms with Crippen LogP contribution < -0.4 is 5.32 Å². The number of carbonyl (C=O) groups excluding carboxylic acids is 2. The zero-order valence-corrected chi connectivity index (χ0v) is 14.6. The third-order valence-corrected chi connectivity index (χ3v) is 5.34. The summed E-state index contributed by atoms with van der Waals surface area (Å²) in [6, 6.07) is 9.79. The summed E-state index contributed by atoms with van der Waals surface area (Å²) in [5.41, 5.74) is 1.69. The summed E-state index contributed by atoms with van der Waals surface area (Å²) in [7, 11) is 0. The molecule has 5 nitrogen and oxygen atoms in total. The molecule has 2 amide bonds. The number of nitrogens with zero attached hydrogens (tertiary/aromatic N) is 2. The van der Waals surface area contributed by atoms with Gasteiger partial charge in [-0.3, -0.25) is 9.59 Å². The molecule has 3 rings (SSSR count). The number of hydrogen-bond donors (Lipinski definition) is 1. The van der Waals surface area contributed by atoms with Crippen LogP contribution in [0.2, 0.25) is 0 Å². The summed E-state index contributed by atoms with van der Waals surface area (Å²) in [4.78, 5) is 31.4. The van der Waals surface area contributed by atoms with Gasteiger partial charge in [0.15, 0.2) is 0 Å². The largest absolute Gasteiger partial charge is 0.342 e. The molecule has 1 aromatic heterocycles. The Balaban J connectivity index is 1.63. The van der Waals surface area contributed by atoms with E-state index in [1.807, 2.05) is 42.2 Å². The Labute approximate surface area is 145 Å². The van der Waals surface area contributed by atoms with Gasteiger partial charge in [-0.15, -0.1) is 11.3 Å². The fourth-order valence-electron chi connectivity index (χ4n) is 2.80. The second kappa shape index (κ2) is 7.57. The van der Waals surface area contributed by atoms with Gasteiger partial charge in [0.1, 0.15) is 9.88 Å². The molecule has 0 atom stereocenters. The maximum absolute atomic E-state index is 12.4. The van der Waals surface area contributed by atoms with Crippen molar-refractivity contribution in [3.8, 4) is 10.6 Å². The highest BCUT2D eigenvalue weighted by molar-refractivity contribution is 7.17. The maximum Gasteiger partial charge on any atom is 0.263 e. The van der Waals surface area contributed by atoms with Gasteiger partial charge in [0.05, 0.1) is 12.2 Å². The number of aromatic nitrogens is 1. The lowest BCUT2D eigenvalue weighted by Crippen LogP contribution is -2.42. The van der Waals surface area contributed by atoms with Crippen LogP contribution in [0.1, 0.15) is 34.6 Å². The number of thiazole rings is 1. The highest BCUT2D eigenvalue weighted by Gasteiger charge is 2.20. The molecular formula is C18H21N3O2S. The van der Waals surface area contributed by atoms with Crippen molar-refractivity contribution in [2.75, 3.05) is 19.6 Å². The molecule has 2 heterocycles. The molecule has 0 unspecified atom stereocenters. The molecule has 1 aliphatic rings. The van der Waals surface area contributed by atoms with E-state index in [9.17, 15) is 9.59 Å². The molecule has 24 heavy (non-hydrogen) atoms. The van der Waals surface area contributed by atoms with Crippen LogP contribution in [0.5, 0.6) is 0 Å². The summed E-state index contributed by atoms with van der Waals surface area (Å²) >= 11 is 1.36. The minimum atomic E-state index is -0.224. The van der Waals surface area contributed by atoms with E-state index in [-0.39, 0.29) is 18.4 Å². The lowest BCUT2D eigenvalue weighted by molar-refractivity contribution is -0.130. The van der Waals surface area contributed by atoms with Crippen LogP contribution in [0.4, 0.5) is 0 Å². The Bertz CT molecular complexity index is 721. The number of hydrogen-bond acceptors (Lipinski definition) is 4. The van der Waals surface area contributed by atoms with Gasteiger partial charge >= 0.3 is 0 Å². The first-order chi connectivity index (χ1) is 11.6. The molecule has 0 aliphatic carbocycles. The Morgan fingerprint density at radius 3 is 2.58 bits per heavy atom. The van der Waals surface area contributed by atoms with Crippen LogP contribution in [0.15, 0.2) is 30.3 Å². The van der Waals surface area contributed by atoms with Gasteiger partial charge in [-0.25, -0.2) is 4.98 Å². The highest BCUT2D eigenvalue weighted by Crippen LogP contribution is 2.27. The third-order valence-electron chi connectivity index (χ3n) is 4.13. The van der Waals surface area contributed by atoms with Crippen molar-refractivity contribution in [3.63, 3.8) is 0 Å². The summed E-state index contributed by atoms with van der Waals surface area (Å²) in [5, 5.41) is 3.56. The van der Waals surface area contributed by atoms with Gasteiger partial charge < -0.3 is 10.2 Å². The molecule has 0 spiro atoms. The van der Waals surface area contributed by atoms with E-state index in [4.69, 9.17) is 0 Å². The van der Waals surface area contributed by atoms with Gasteiger partial charge in [0.25, 0.3) is 5.91 Å².